The summed E-state index contributed by atoms with van der Waals surface area (Å²) in [6.45, 7) is 1.93. The van der Waals surface area contributed by atoms with Gasteiger partial charge in [-0.25, -0.2) is 4.98 Å². The topological polar surface area (TPSA) is 68.0 Å². The van der Waals surface area contributed by atoms with Crippen molar-refractivity contribution in [1.82, 2.24) is 4.98 Å². The van der Waals surface area contributed by atoms with E-state index in [1.165, 1.54) is 0 Å². The molecular weight excluding hydrogens is 222 g/mol. The number of nitrogens with zero attached hydrogens (tertiary/aromatic N) is 1. The second-order valence-corrected chi connectivity index (χ2v) is 4.64. The standard InChI is InChI=1S/C11H13N3OS/c1-7(4-11(12)15)14-8-2-3-9-10(5-8)16-6-13-9/h2-3,5-7,14H,4H2,1H3,(H2,12,15). The highest BCUT2D eigenvalue weighted by Gasteiger charge is 2.06. The van der Waals surface area contributed by atoms with Crippen LogP contribution >= 0.6 is 11.3 Å². The molecule has 0 radical (unpaired) electrons. The van der Waals surface area contributed by atoms with Crippen LogP contribution in [-0.4, -0.2) is 16.9 Å². The molecule has 0 aliphatic rings. The third-order valence-corrected chi connectivity index (χ3v) is 3.04. The second-order valence-electron chi connectivity index (χ2n) is 3.75. The summed E-state index contributed by atoms with van der Waals surface area (Å²) in [6, 6.07) is 6.00. The Hall–Kier alpha value is -1.62. The van der Waals surface area contributed by atoms with Crippen molar-refractivity contribution < 1.29 is 4.79 Å². The summed E-state index contributed by atoms with van der Waals surface area (Å²) in [7, 11) is 0. The Kier molecular flexibility index (Phi) is 3.05. The van der Waals surface area contributed by atoms with E-state index in [0.29, 0.717) is 6.42 Å². The minimum absolute atomic E-state index is 0.0443. The van der Waals surface area contributed by atoms with Crippen LogP contribution in [0.5, 0.6) is 0 Å². The van der Waals surface area contributed by atoms with E-state index >= 15 is 0 Å². The van der Waals surface area contributed by atoms with Crippen molar-refractivity contribution >= 4 is 33.1 Å². The molecule has 1 unspecified atom stereocenters. The summed E-state index contributed by atoms with van der Waals surface area (Å²) >= 11 is 1.60. The van der Waals surface area contributed by atoms with Crippen LogP contribution in [0.15, 0.2) is 23.7 Å². The third kappa shape index (κ3) is 2.49. The van der Waals surface area contributed by atoms with Gasteiger partial charge in [0.25, 0.3) is 0 Å². The average molecular weight is 235 g/mol. The fourth-order valence-corrected chi connectivity index (χ4v) is 2.30. The Bertz CT molecular complexity index is 509. The number of nitrogens with two attached hydrogens (primary N) is 1. The first-order valence-corrected chi connectivity index (χ1v) is 5.91. The van der Waals surface area contributed by atoms with E-state index in [4.69, 9.17) is 5.73 Å². The summed E-state index contributed by atoms with van der Waals surface area (Å²) < 4.78 is 1.14. The zero-order chi connectivity index (χ0) is 11.5. The normalized spacial score (nSPS) is 12.6. The molecule has 5 heteroatoms. The van der Waals surface area contributed by atoms with Crippen molar-refractivity contribution in [1.29, 1.82) is 0 Å². The highest BCUT2D eigenvalue weighted by Crippen LogP contribution is 2.22. The maximum Gasteiger partial charge on any atom is 0.219 e. The van der Waals surface area contributed by atoms with E-state index in [2.05, 4.69) is 10.3 Å². The van der Waals surface area contributed by atoms with Crippen LogP contribution in [0, 0.1) is 0 Å². The number of carbonyl (C=O) groups is 1. The molecule has 0 fully saturated rings. The minimum Gasteiger partial charge on any atom is -0.382 e. The SMILES string of the molecule is CC(CC(N)=O)Nc1ccc2ncsc2c1. The maximum absolute atomic E-state index is 10.7. The molecule has 1 atom stereocenters. The first kappa shape index (κ1) is 10.9. The molecule has 0 bridgehead atoms. The van der Waals surface area contributed by atoms with Crippen LogP contribution in [0.4, 0.5) is 5.69 Å². The Morgan fingerprint density at radius 2 is 2.44 bits per heavy atom. The quantitative estimate of drug-likeness (QED) is 0.851. The summed E-state index contributed by atoms with van der Waals surface area (Å²) in [5.74, 6) is -0.293. The molecule has 1 aromatic carbocycles. The number of fused-ring (bicyclic) bond motifs is 1. The van der Waals surface area contributed by atoms with E-state index in [0.717, 1.165) is 15.9 Å². The summed E-state index contributed by atoms with van der Waals surface area (Å²) in [6.07, 6.45) is 0.334. The zero-order valence-corrected chi connectivity index (χ0v) is 9.75. The zero-order valence-electron chi connectivity index (χ0n) is 8.93. The molecule has 0 spiro atoms. The lowest BCUT2D eigenvalue weighted by molar-refractivity contribution is -0.118. The molecule has 16 heavy (non-hydrogen) atoms. The number of carbonyl (C=O) groups excluding carboxylic acids is 1. The molecule has 0 aliphatic carbocycles. The maximum atomic E-state index is 10.7. The van der Waals surface area contributed by atoms with Gasteiger partial charge in [-0.3, -0.25) is 4.79 Å². The van der Waals surface area contributed by atoms with Gasteiger partial charge in [0.05, 0.1) is 15.7 Å². The van der Waals surface area contributed by atoms with Crippen molar-refractivity contribution in [3.05, 3.63) is 23.7 Å². The molecule has 4 nitrogen and oxygen atoms in total. The van der Waals surface area contributed by atoms with E-state index in [1.54, 1.807) is 11.3 Å². The number of primary amides is 1. The van der Waals surface area contributed by atoms with E-state index in [-0.39, 0.29) is 11.9 Å². The molecule has 0 saturated carbocycles. The number of amides is 1. The van der Waals surface area contributed by atoms with Crippen molar-refractivity contribution in [3.8, 4) is 0 Å². The third-order valence-electron chi connectivity index (χ3n) is 2.25. The molecule has 1 aromatic heterocycles. The smallest absolute Gasteiger partial charge is 0.219 e. The van der Waals surface area contributed by atoms with Crippen LogP contribution in [0.3, 0.4) is 0 Å². The van der Waals surface area contributed by atoms with Crippen LogP contribution in [-0.2, 0) is 4.79 Å². The summed E-state index contributed by atoms with van der Waals surface area (Å²) in [5, 5.41) is 3.23. The Balaban J connectivity index is 2.11. The number of rotatable bonds is 4. The van der Waals surface area contributed by atoms with Crippen LogP contribution < -0.4 is 11.1 Å². The van der Waals surface area contributed by atoms with Crippen molar-refractivity contribution in [2.24, 2.45) is 5.73 Å². The molecule has 0 aliphatic heterocycles. The number of anilines is 1. The van der Waals surface area contributed by atoms with Gasteiger partial charge in [-0.05, 0) is 25.1 Å². The molecule has 1 amide bonds. The van der Waals surface area contributed by atoms with Crippen molar-refractivity contribution in [2.45, 2.75) is 19.4 Å². The van der Waals surface area contributed by atoms with Crippen LogP contribution in [0.2, 0.25) is 0 Å². The fraction of sp³-hybridized carbons (Fsp3) is 0.273. The molecule has 0 saturated heterocycles. The average Bonchev–Trinajstić information content (AvgIpc) is 2.63. The number of nitrogens with one attached hydrogen (secondary N) is 1. The van der Waals surface area contributed by atoms with Crippen LogP contribution in [0.1, 0.15) is 13.3 Å². The molecular formula is C11H13N3OS. The number of hydrogen-bond donors (Lipinski definition) is 2. The lowest BCUT2D eigenvalue weighted by Crippen LogP contribution is -2.23. The number of benzene rings is 1. The van der Waals surface area contributed by atoms with Gasteiger partial charge >= 0.3 is 0 Å². The van der Waals surface area contributed by atoms with E-state index < -0.39 is 0 Å². The molecule has 84 valence electrons. The van der Waals surface area contributed by atoms with Crippen LogP contribution in [0.25, 0.3) is 10.2 Å². The van der Waals surface area contributed by atoms with E-state index in [9.17, 15) is 4.79 Å². The monoisotopic (exact) mass is 235 g/mol. The Morgan fingerprint density at radius 1 is 1.62 bits per heavy atom. The lowest BCUT2D eigenvalue weighted by Gasteiger charge is -2.13. The van der Waals surface area contributed by atoms with Crippen molar-refractivity contribution in [3.63, 3.8) is 0 Å². The number of thiazole rings is 1. The van der Waals surface area contributed by atoms with Gasteiger partial charge in [-0.15, -0.1) is 11.3 Å². The first-order valence-electron chi connectivity index (χ1n) is 5.03. The van der Waals surface area contributed by atoms with Gasteiger partial charge in [-0.1, -0.05) is 0 Å². The van der Waals surface area contributed by atoms with Gasteiger partial charge in [0, 0.05) is 18.2 Å². The molecule has 1 heterocycles. The second kappa shape index (κ2) is 4.49. The van der Waals surface area contributed by atoms with Crippen molar-refractivity contribution in [2.75, 3.05) is 5.32 Å². The molecule has 2 rings (SSSR count). The highest BCUT2D eigenvalue weighted by molar-refractivity contribution is 7.16. The molecule has 2 aromatic rings. The Labute approximate surface area is 97.5 Å². The highest BCUT2D eigenvalue weighted by atomic mass is 32.1. The largest absolute Gasteiger partial charge is 0.382 e. The predicted molar refractivity (Wildman–Crippen MR) is 66.5 cm³/mol. The van der Waals surface area contributed by atoms with Gasteiger partial charge in [0.2, 0.25) is 5.91 Å². The lowest BCUT2D eigenvalue weighted by atomic mass is 10.2. The van der Waals surface area contributed by atoms with Gasteiger partial charge < -0.3 is 11.1 Å². The van der Waals surface area contributed by atoms with E-state index in [1.807, 2.05) is 30.6 Å². The predicted octanol–water partition coefficient (Wildman–Crippen LogP) is 1.97. The number of aromatic nitrogens is 1. The number of hydrogen-bond acceptors (Lipinski definition) is 4. The Morgan fingerprint density at radius 3 is 3.19 bits per heavy atom. The van der Waals surface area contributed by atoms with Gasteiger partial charge in [-0.2, -0.15) is 0 Å². The summed E-state index contributed by atoms with van der Waals surface area (Å²) in [4.78, 5) is 14.9. The van der Waals surface area contributed by atoms with Gasteiger partial charge in [0.15, 0.2) is 0 Å². The fourth-order valence-electron chi connectivity index (χ4n) is 1.58. The first-order chi connectivity index (χ1) is 7.65. The molecule has 3 N–H and O–H groups in total. The van der Waals surface area contributed by atoms with Gasteiger partial charge in [0.1, 0.15) is 0 Å². The minimum atomic E-state index is -0.293. The summed E-state index contributed by atoms with van der Waals surface area (Å²) in [5.41, 5.74) is 8.94.